The van der Waals surface area contributed by atoms with Gasteiger partial charge in [-0.15, -0.1) is 0 Å². The number of hydrogen-bond donors (Lipinski definition) is 2. The van der Waals surface area contributed by atoms with E-state index in [4.69, 9.17) is 0 Å². The van der Waals surface area contributed by atoms with Crippen molar-refractivity contribution in [3.63, 3.8) is 0 Å². The van der Waals surface area contributed by atoms with Crippen LogP contribution in [0.25, 0.3) is 0 Å². The van der Waals surface area contributed by atoms with Crippen LogP contribution in [-0.2, 0) is 4.79 Å². The maximum Gasteiger partial charge on any atom is 0.325 e. The molecule has 2 aliphatic rings. The Morgan fingerprint density at radius 2 is 2.05 bits per heavy atom. The Hall–Kier alpha value is -1.10. The molecule has 0 bridgehead atoms. The van der Waals surface area contributed by atoms with Gasteiger partial charge in [0.25, 0.3) is 5.91 Å². The first-order chi connectivity index (χ1) is 9.98. The van der Waals surface area contributed by atoms with Crippen LogP contribution in [0.1, 0.15) is 52.9 Å². The lowest BCUT2D eigenvalue weighted by molar-refractivity contribution is -0.133. The number of imide groups is 1. The SMILES string of the molecule is CCCNCC(C)CN1C(=O)NC2(CCC(C)CC2)C1=O. The van der Waals surface area contributed by atoms with Crippen LogP contribution in [-0.4, -0.2) is 42.0 Å². The number of urea groups is 1. The number of carbonyl (C=O) groups is 2. The smallest absolute Gasteiger partial charge is 0.323 e. The van der Waals surface area contributed by atoms with Gasteiger partial charge < -0.3 is 10.6 Å². The summed E-state index contributed by atoms with van der Waals surface area (Å²) >= 11 is 0. The van der Waals surface area contributed by atoms with Gasteiger partial charge in [0.05, 0.1) is 0 Å². The van der Waals surface area contributed by atoms with Gasteiger partial charge in [-0.25, -0.2) is 4.79 Å². The zero-order valence-corrected chi connectivity index (χ0v) is 13.6. The van der Waals surface area contributed by atoms with Crippen molar-refractivity contribution in [1.29, 1.82) is 0 Å². The van der Waals surface area contributed by atoms with Crippen LogP contribution in [0.2, 0.25) is 0 Å². The van der Waals surface area contributed by atoms with Gasteiger partial charge in [0.1, 0.15) is 5.54 Å². The Labute approximate surface area is 127 Å². The lowest BCUT2D eigenvalue weighted by Crippen LogP contribution is -2.49. The molecule has 0 aromatic heterocycles. The molecule has 0 aromatic carbocycles. The highest BCUT2D eigenvalue weighted by atomic mass is 16.2. The topological polar surface area (TPSA) is 61.4 Å². The molecule has 120 valence electrons. The molecule has 1 unspecified atom stereocenters. The summed E-state index contributed by atoms with van der Waals surface area (Å²) < 4.78 is 0. The number of nitrogens with one attached hydrogen (secondary N) is 2. The highest BCUT2D eigenvalue weighted by Crippen LogP contribution is 2.36. The van der Waals surface area contributed by atoms with Crippen LogP contribution in [0.5, 0.6) is 0 Å². The monoisotopic (exact) mass is 295 g/mol. The third-order valence-electron chi connectivity index (χ3n) is 4.79. The van der Waals surface area contributed by atoms with Crippen LogP contribution in [0.15, 0.2) is 0 Å². The van der Waals surface area contributed by atoms with Gasteiger partial charge in [-0.05, 0) is 57.0 Å². The standard InChI is InChI=1S/C16H29N3O2/c1-4-9-17-10-13(3)11-19-14(20)16(18-15(19)21)7-5-12(2)6-8-16/h12-13,17H,4-11H2,1-3H3,(H,18,21). The van der Waals surface area contributed by atoms with Crippen molar-refractivity contribution < 1.29 is 9.59 Å². The Morgan fingerprint density at radius 3 is 2.67 bits per heavy atom. The fourth-order valence-electron chi connectivity index (χ4n) is 3.34. The van der Waals surface area contributed by atoms with E-state index < -0.39 is 5.54 Å². The molecular weight excluding hydrogens is 266 g/mol. The lowest BCUT2D eigenvalue weighted by atomic mass is 9.77. The van der Waals surface area contributed by atoms with Gasteiger partial charge in [-0.3, -0.25) is 9.69 Å². The summed E-state index contributed by atoms with van der Waals surface area (Å²) in [5, 5.41) is 6.32. The molecule has 5 nitrogen and oxygen atoms in total. The number of rotatable bonds is 6. The normalized spacial score (nSPS) is 30.8. The zero-order valence-electron chi connectivity index (χ0n) is 13.6. The minimum atomic E-state index is -0.597. The predicted octanol–water partition coefficient (Wildman–Crippen LogP) is 2.12. The quantitative estimate of drug-likeness (QED) is 0.583. The molecular formula is C16H29N3O2. The van der Waals surface area contributed by atoms with Gasteiger partial charge in [-0.1, -0.05) is 20.8 Å². The minimum Gasteiger partial charge on any atom is -0.323 e. The Kier molecular flexibility index (Phi) is 5.25. The third-order valence-corrected chi connectivity index (χ3v) is 4.79. The van der Waals surface area contributed by atoms with Crippen LogP contribution < -0.4 is 10.6 Å². The molecule has 3 amide bonds. The average molecular weight is 295 g/mol. The average Bonchev–Trinajstić information content (AvgIpc) is 2.67. The fraction of sp³-hybridized carbons (Fsp3) is 0.875. The van der Waals surface area contributed by atoms with Crippen LogP contribution >= 0.6 is 0 Å². The summed E-state index contributed by atoms with van der Waals surface area (Å²) in [6, 6.07) is -0.197. The number of amides is 3. The highest BCUT2D eigenvalue weighted by Gasteiger charge is 2.51. The first kappa shape index (κ1) is 16.3. The lowest BCUT2D eigenvalue weighted by Gasteiger charge is -2.33. The molecule has 1 atom stereocenters. The van der Waals surface area contributed by atoms with E-state index in [1.165, 1.54) is 4.90 Å². The predicted molar refractivity (Wildman–Crippen MR) is 82.9 cm³/mol. The molecule has 2 rings (SSSR count). The van der Waals surface area contributed by atoms with E-state index in [0.717, 1.165) is 45.2 Å². The molecule has 21 heavy (non-hydrogen) atoms. The number of nitrogens with zero attached hydrogens (tertiary/aromatic N) is 1. The van der Waals surface area contributed by atoms with Gasteiger partial charge in [0.2, 0.25) is 0 Å². The Bertz CT molecular complexity index is 389. The summed E-state index contributed by atoms with van der Waals surface area (Å²) in [5.74, 6) is 0.942. The molecule has 0 radical (unpaired) electrons. The van der Waals surface area contributed by atoms with Gasteiger partial charge in [0.15, 0.2) is 0 Å². The van der Waals surface area contributed by atoms with Crippen LogP contribution in [0.4, 0.5) is 4.79 Å². The summed E-state index contributed by atoms with van der Waals surface area (Å²) in [7, 11) is 0. The fourth-order valence-corrected chi connectivity index (χ4v) is 3.34. The number of hydrogen-bond acceptors (Lipinski definition) is 3. The van der Waals surface area contributed by atoms with Crippen molar-refractivity contribution in [2.75, 3.05) is 19.6 Å². The van der Waals surface area contributed by atoms with Crippen molar-refractivity contribution in [1.82, 2.24) is 15.5 Å². The van der Waals surface area contributed by atoms with E-state index in [0.29, 0.717) is 12.5 Å². The van der Waals surface area contributed by atoms with Crippen molar-refractivity contribution in [2.45, 2.75) is 58.4 Å². The molecule has 2 N–H and O–H groups in total. The van der Waals surface area contributed by atoms with Crippen LogP contribution in [0.3, 0.4) is 0 Å². The largest absolute Gasteiger partial charge is 0.325 e. The van der Waals surface area contributed by atoms with E-state index in [1.54, 1.807) is 0 Å². The molecule has 1 aliphatic carbocycles. The molecule has 1 aliphatic heterocycles. The first-order valence-corrected chi connectivity index (χ1v) is 8.33. The van der Waals surface area contributed by atoms with E-state index in [1.807, 2.05) is 0 Å². The molecule has 1 saturated heterocycles. The maximum atomic E-state index is 12.7. The van der Waals surface area contributed by atoms with Crippen molar-refractivity contribution in [3.05, 3.63) is 0 Å². The van der Waals surface area contributed by atoms with Crippen molar-refractivity contribution in [3.8, 4) is 0 Å². The molecule has 1 spiro atoms. The first-order valence-electron chi connectivity index (χ1n) is 8.33. The van der Waals surface area contributed by atoms with Crippen LogP contribution in [0, 0.1) is 11.8 Å². The molecule has 1 saturated carbocycles. The summed E-state index contributed by atoms with van der Waals surface area (Å²) in [6.45, 7) is 8.76. The second kappa shape index (κ2) is 6.77. The highest BCUT2D eigenvalue weighted by molar-refractivity contribution is 6.07. The minimum absolute atomic E-state index is 0.00161. The summed E-state index contributed by atoms with van der Waals surface area (Å²) in [4.78, 5) is 26.3. The number of carbonyl (C=O) groups excluding carboxylic acids is 2. The zero-order chi connectivity index (χ0) is 15.5. The van der Waals surface area contributed by atoms with E-state index >= 15 is 0 Å². The summed E-state index contributed by atoms with van der Waals surface area (Å²) in [6.07, 6.45) is 4.72. The molecule has 2 fully saturated rings. The van der Waals surface area contributed by atoms with Gasteiger partial charge in [-0.2, -0.15) is 0 Å². The summed E-state index contributed by atoms with van der Waals surface area (Å²) in [5.41, 5.74) is -0.597. The maximum absolute atomic E-state index is 12.7. The van der Waals surface area contributed by atoms with Crippen molar-refractivity contribution >= 4 is 11.9 Å². The van der Waals surface area contributed by atoms with Gasteiger partial charge in [0, 0.05) is 6.54 Å². The third kappa shape index (κ3) is 3.57. The molecule has 0 aromatic rings. The van der Waals surface area contributed by atoms with Crippen molar-refractivity contribution in [2.24, 2.45) is 11.8 Å². The van der Waals surface area contributed by atoms with Gasteiger partial charge >= 0.3 is 6.03 Å². The Balaban J connectivity index is 1.92. The van der Waals surface area contributed by atoms with E-state index in [9.17, 15) is 9.59 Å². The molecule has 1 heterocycles. The second-order valence-corrected chi connectivity index (χ2v) is 6.92. The Morgan fingerprint density at radius 1 is 1.38 bits per heavy atom. The molecule has 5 heteroatoms. The van der Waals surface area contributed by atoms with E-state index in [-0.39, 0.29) is 17.9 Å². The second-order valence-electron chi connectivity index (χ2n) is 6.92. The van der Waals surface area contributed by atoms with E-state index in [2.05, 4.69) is 31.4 Å².